The molecular weight excluding hydrogens is 378 g/mol. The fourth-order valence-corrected chi connectivity index (χ4v) is 4.84. The van der Waals surface area contributed by atoms with E-state index < -0.39 is 0 Å². The van der Waals surface area contributed by atoms with Gasteiger partial charge in [0, 0.05) is 11.8 Å². The molecule has 3 rings (SSSR count). The molecule has 31 heavy (non-hydrogen) atoms. The molecule has 0 saturated heterocycles. The summed E-state index contributed by atoms with van der Waals surface area (Å²) in [6.45, 7) is 5.42. The Hall–Kier alpha value is -1.83. The van der Waals surface area contributed by atoms with Crippen molar-refractivity contribution < 1.29 is 4.74 Å². The van der Waals surface area contributed by atoms with E-state index in [-0.39, 0.29) is 0 Å². The summed E-state index contributed by atoms with van der Waals surface area (Å²) in [7, 11) is 0. The highest BCUT2D eigenvalue weighted by atomic mass is 16.5. The lowest BCUT2D eigenvalue weighted by Crippen LogP contribution is -2.14. The summed E-state index contributed by atoms with van der Waals surface area (Å²) in [4.78, 5) is 4.74. The lowest BCUT2D eigenvalue weighted by Gasteiger charge is -2.27. The number of benzene rings is 1. The van der Waals surface area contributed by atoms with Gasteiger partial charge >= 0.3 is 0 Å². The first kappa shape index (κ1) is 23.8. The fraction of sp³-hybridized carbons (Fsp3) is 0.621. The molecule has 1 heterocycles. The van der Waals surface area contributed by atoms with Gasteiger partial charge in [-0.25, -0.2) is 0 Å². The van der Waals surface area contributed by atoms with Gasteiger partial charge in [0.1, 0.15) is 5.75 Å². The van der Waals surface area contributed by atoms with Gasteiger partial charge in [0.05, 0.1) is 12.3 Å². The van der Waals surface area contributed by atoms with Crippen LogP contribution in [0.1, 0.15) is 96.5 Å². The zero-order valence-electron chi connectivity index (χ0n) is 20.0. The number of aromatic nitrogens is 1. The van der Waals surface area contributed by atoms with Gasteiger partial charge in [-0.3, -0.25) is 4.98 Å². The standard InChI is InChI=1S/C29H43NO/c1-3-5-6-7-8-9-22-31-28-19-17-27(18-20-28)29-21-16-26(23-30-29)15-14-25-12-10-24(4-2)11-13-25/h16-21,23-25H,3-15,22H2,1-2H3/t24-,25-. The van der Waals surface area contributed by atoms with Crippen molar-refractivity contribution in [2.45, 2.75) is 97.3 Å². The first-order valence-corrected chi connectivity index (χ1v) is 13.0. The third-order valence-electron chi connectivity index (χ3n) is 7.13. The van der Waals surface area contributed by atoms with Crippen LogP contribution < -0.4 is 4.74 Å². The molecule has 0 unspecified atom stereocenters. The molecule has 2 nitrogen and oxygen atoms in total. The Kier molecular flexibility index (Phi) is 10.4. The molecule has 1 saturated carbocycles. The maximum absolute atomic E-state index is 5.91. The minimum absolute atomic E-state index is 0.818. The summed E-state index contributed by atoms with van der Waals surface area (Å²) in [6, 6.07) is 12.9. The van der Waals surface area contributed by atoms with Crippen molar-refractivity contribution in [1.29, 1.82) is 0 Å². The van der Waals surface area contributed by atoms with E-state index >= 15 is 0 Å². The van der Waals surface area contributed by atoms with Gasteiger partial charge in [-0.15, -0.1) is 0 Å². The van der Waals surface area contributed by atoms with Crippen LogP contribution in [0.15, 0.2) is 42.6 Å². The van der Waals surface area contributed by atoms with Crippen molar-refractivity contribution in [3.8, 4) is 17.0 Å². The van der Waals surface area contributed by atoms with Gasteiger partial charge in [0.25, 0.3) is 0 Å². The Morgan fingerprint density at radius 2 is 1.52 bits per heavy atom. The largest absolute Gasteiger partial charge is 0.494 e. The van der Waals surface area contributed by atoms with Crippen LogP contribution in [-0.4, -0.2) is 11.6 Å². The van der Waals surface area contributed by atoms with Crippen molar-refractivity contribution in [3.63, 3.8) is 0 Å². The Bertz CT molecular complexity index is 713. The maximum Gasteiger partial charge on any atom is 0.119 e. The van der Waals surface area contributed by atoms with E-state index in [1.165, 1.54) is 82.6 Å². The van der Waals surface area contributed by atoms with Crippen LogP contribution in [-0.2, 0) is 6.42 Å². The van der Waals surface area contributed by atoms with Crippen LogP contribution in [0.3, 0.4) is 0 Å². The van der Waals surface area contributed by atoms with Crippen LogP contribution in [0.5, 0.6) is 5.75 Å². The zero-order valence-corrected chi connectivity index (χ0v) is 20.0. The van der Waals surface area contributed by atoms with Crippen LogP contribution in [0.4, 0.5) is 0 Å². The van der Waals surface area contributed by atoms with Gasteiger partial charge in [0.2, 0.25) is 0 Å². The summed E-state index contributed by atoms with van der Waals surface area (Å²) in [5, 5.41) is 0. The first-order chi connectivity index (χ1) is 15.3. The molecule has 1 aromatic heterocycles. The van der Waals surface area contributed by atoms with Crippen LogP contribution in [0.2, 0.25) is 0 Å². The molecular formula is C29H43NO. The van der Waals surface area contributed by atoms with Gasteiger partial charge in [-0.1, -0.05) is 84.1 Å². The second-order valence-electron chi connectivity index (χ2n) is 9.53. The molecule has 0 bridgehead atoms. The summed E-state index contributed by atoms with van der Waals surface area (Å²) < 4.78 is 5.91. The molecule has 0 spiro atoms. The molecule has 0 aliphatic heterocycles. The summed E-state index contributed by atoms with van der Waals surface area (Å²) in [5.74, 6) is 2.88. The number of ether oxygens (including phenoxy) is 1. The summed E-state index contributed by atoms with van der Waals surface area (Å²) >= 11 is 0. The third-order valence-corrected chi connectivity index (χ3v) is 7.13. The van der Waals surface area contributed by atoms with Crippen LogP contribution >= 0.6 is 0 Å². The Labute approximate surface area is 190 Å². The Morgan fingerprint density at radius 3 is 2.19 bits per heavy atom. The zero-order chi connectivity index (χ0) is 21.7. The molecule has 1 aromatic carbocycles. The Morgan fingerprint density at radius 1 is 0.806 bits per heavy atom. The van der Waals surface area contributed by atoms with Crippen molar-refractivity contribution in [2.24, 2.45) is 11.8 Å². The van der Waals surface area contributed by atoms with Crippen LogP contribution in [0, 0.1) is 11.8 Å². The molecule has 1 aliphatic carbocycles. The molecule has 0 atom stereocenters. The second kappa shape index (κ2) is 13.6. The molecule has 1 aliphatic rings. The predicted octanol–water partition coefficient (Wildman–Crippen LogP) is 8.64. The van der Waals surface area contributed by atoms with Gasteiger partial charge < -0.3 is 4.74 Å². The van der Waals surface area contributed by atoms with Crippen molar-refractivity contribution in [1.82, 2.24) is 4.98 Å². The van der Waals surface area contributed by atoms with Gasteiger partial charge in [0.15, 0.2) is 0 Å². The number of unbranched alkanes of at least 4 members (excludes halogenated alkanes) is 5. The minimum atomic E-state index is 0.818. The van der Waals surface area contributed by atoms with E-state index in [1.807, 2.05) is 0 Å². The molecule has 2 aromatic rings. The van der Waals surface area contributed by atoms with E-state index in [4.69, 9.17) is 9.72 Å². The highest BCUT2D eigenvalue weighted by Crippen LogP contribution is 2.33. The average molecular weight is 422 g/mol. The van der Waals surface area contributed by atoms with Crippen LogP contribution in [0.25, 0.3) is 11.3 Å². The lowest BCUT2D eigenvalue weighted by molar-refractivity contribution is 0.259. The summed E-state index contributed by atoms with van der Waals surface area (Å²) in [6.07, 6.45) is 19.4. The molecule has 2 heteroatoms. The quantitative estimate of drug-likeness (QED) is 0.302. The number of rotatable bonds is 13. The van der Waals surface area contributed by atoms with E-state index in [0.29, 0.717) is 0 Å². The van der Waals surface area contributed by atoms with E-state index in [0.717, 1.165) is 41.9 Å². The van der Waals surface area contributed by atoms with Crippen molar-refractivity contribution in [3.05, 3.63) is 48.2 Å². The summed E-state index contributed by atoms with van der Waals surface area (Å²) in [5.41, 5.74) is 3.59. The lowest BCUT2D eigenvalue weighted by atomic mass is 9.79. The number of hydrogen-bond donors (Lipinski definition) is 0. The SMILES string of the molecule is CCCCCCCCOc1ccc(-c2ccc(CC[C@H]3CC[C@H](CC)CC3)cn2)cc1. The van der Waals surface area contributed by atoms with E-state index in [2.05, 4.69) is 56.4 Å². The topological polar surface area (TPSA) is 22.1 Å². The van der Waals surface area contributed by atoms with Gasteiger partial charge in [-0.05, 0) is 67.0 Å². The van der Waals surface area contributed by atoms with Crippen molar-refractivity contribution >= 4 is 0 Å². The monoisotopic (exact) mass is 421 g/mol. The molecule has 0 N–H and O–H groups in total. The normalized spacial score (nSPS) is 18.8. The number of hydrogen-bond acceptors (Lipinski definition) is 2. The highest BCUT2D eigenvalue weighted by molar-refractivity contribution is 5.60. The number of nitrogens with zero attached hydrogens (tertiary/aromatic N) is 1. The average Bonchev–Trinajstić information content (AvgIpc) is 2.83. The third kappa shape index (κ3) is 8.31. The molecule has 0 radical (unpaired) electrons. The smallest absolute Gasteiger partial charge is 0.119 e. The molecule has 1 fully saturated rings. The first-order valence-electron chi connectivity index (χ1n) is 13.0. The van der Waals surface area contributed by atoms with Crippen molar-refractivity contribution in [2.75, 3.05) is 6.61 Å². The van der Waals surface area contributed by atoms with E-state index in [9.17, 15) is 0 Å². The minimum Gasteiger partial charge on any atom is -0.494 e. The Balaban J connectivity index is 1.38. The fourth-order valence-electron chi connectivity index (χ4n) is 4.84. The van der Waals surface area contributed by atoms with E-state index in [1.54, 1.807) is 0 Å². The van der Waals surface area contributed by atoms with Gasteiger partial charge in [-0.2, -0.15) is 0 Å². The molecule has 0 amide bonds. The number of aryl methyl sites for hydroxylation is 1. The second-order valence-corrected chi connectivity index (χ2v) is 9.53. The molecule has 170 valence electrons. The number of pyridine rings is 1. The predicted molar refractivity (Wildman–Crippen MR) is 133 cm³/mol. The maximum atomic E-state index is 5.91. The highest BCUT2D eigenvalue weighted by Gasteiger charge is 2.19.